The van der Waals surface area contributed by atoms with Gasteiger partial charge in [-0.05, 0) is 32.4 Å². The molecule has 1 aromatic heterocycles. The van der Waals surface area contributed by atoms with Crippen molar-refractivity contribution in [3.63, 3.8) is 0 Å². The lowest BCUT2D eigenvalue weighted by Crippen LogP contribution is -2.68. The molecule has 2 atom stereocenters. The van der Waals surface area contributed by atoms with Gasteiger partial charge in [0.1, 0.15) is 18.5 Å². The number of morpholine rings is 1. The van der Waals surface area contributed by atoms with Crippen LogP contribution in [0.5, 0.6) is 0 Å². The molecule has 1 aromatic carbocycles. The zero-order valence-corrected chi connectivity index (χ0v) is 15.5. The Morgan fingerprint density at radius 3 is 2.81 bits per heavy atom. The van der Waals surface area contributed by atoms with Crippen molar-refractivity contribution in [3.05, 3.63) is 54.1 Å². The minimum Gasteiger partial charge on any atom is -0.361 e. The molecule has 7 heteroatoms. The van der Waals surface area contributed by atoms with Crippen LogP contribution in [0.1, 0.15) is 29.4 Å². The van der Waals surface area contributed by atoms with Crippen LogP contribution >= 0.6 is 0 Å². The van der Waals surface area contributed by atoms with Gasteiger partial charge in [0.25, 0.3) is 11.8 Å². The van der Waals surface area contributed by atoms with Gasteiger partial charge in [0.15, 0.2) is 0 Å². The van der Waals surface area contributed by atoms with Crippen molar-refractivity contribution in [1.82, 2.24) is 14.9 Å². The molecule has 2 fully saturated rings. The van der Waals surface area contributed by atoms with Crippen LogP contribution in [0.15, 0.2) is 42.9 Å². The summed E-state index contributed by atoms with van der Waals surface area (Å²) in [5, 5.41) is 0. The summed E-state index contributed by atoms with van der Waals surface area (Å²) in [4.78, 5) is 37.2. The fourth-order valence-corrected chi connectivity index (χ4v) is 4.02. The molecular weight excluding hydrogens is 344 g/mol. The monoisotopic (exact) mass is 366 g/mol. The second kappa shape index (κ2) is 6.74. The number of amides is 2. The second-order valence-electron chi connectivity index (χ2n) is 7.25. The standard InChI is InChI=1S/C20H22N4O3/c1-14-16(10-21-13-22-14)19(26)23-9-8-17-20(2,12-23)27-11-18(25)24(17)15-6-4-3-5-7-15/h3-7,10,13,17H,8-9,11-12H2,1-2H3/t17-,20-/m1/s1. The fraction of sp³-hybridized carbons (Fsp3) is 0.400. The smallest absolute Gasteiger partial charge is 0.257 e. The Morgan fingerprint density at radius 1 is 1.30 bits per heavy atom. The summed E-state index contributed by atoms with van der Waals surface area (Å²) in [5.74, 6) is -0.143. The number of hydrogen-bond acceptors (Lipinski definition) is 5. The predicted molar refractivity (Wildman–Crippen MR) is 99.4 cm³/mol. The molecule has 0 spiro atoms. The molecule has 0 radical (unpaired) electrons. The van der Waals surface area contributed by atoms with Gasteiger partial charge in [0, 0.05) is 18.4 Å². The first-order valence-corrected chi connectivity index (χ1v) is 9.06. The first-order valence-electron chi connectivity index (χ1n) is 9.06. The van der Waals surface area contributed by atoms with Gasteiger partial charge in [-0.3, -0.25) is 9.59 Å². The van der Waals surface area contributed by atoms with Crippen molar-refractivity contribution < 1.29 is 14.3 Å². The molecule has 2 aromatic rings. The largest absolute Gasteiger partial charge is 0.361 e. The maximum absolute atomic E-state index is 13.0. The Kier molecular flexibility index (Phi) is 4.39. The molecule has 2 amide bonds. The van der Waals surface area contributed by atoms with Gasteiger partial charge in [0.05, 0.1) is 23.8 Å². The lowest BCUT2D eigenvalue weighted by atomic mass is 9.85. The zero-order chi connectivity index (χ0) is 19.0. The van der Waals surface area contributed by atoms with E-state index in [1.807, 2.05) is 42.2 Å². The minimum atomic E-state index is -0.624. The van der Waals surface area contributed by atoms with E-state index in [1.165, 1.54) is 6.33 Å². The molecule has 0 aliphatic carbocycles. The van der Waals surface area contributed by atoms with Crippen molar-refractivity contribution in [3.8, 4) is 0 Å². The van der Waals surface area contributed by atoms with Crippen LogP contribution in [0.2, 0.25) is 0 Å². The quantitative estimate of drug-likeness (QED) is 0.810. The lowest BCUT2D eigenvalue weighted by Gasteiger charge is -2.52. The third-order valence-corrected chi connectivity index (χ3v) is 5.45. The maximum Gasteiger partial charge on any atom is 0.257 e. The Morgan fingerprint density at radius 2 is 2.07 bits per heavy atom. The number of aryl methyl sites for hydroxylation is 1. The molecule has 140 valence electrons. The van der Waals surface area contributed by atoms with Gasteiger partial charge in [-0.2, -0.15) is 0 Å². The summed E-state index contributed by atoms with van der Waals surface area (Å²) in [6.07, 6.45) is 3.64. The average Bonchev–Trinajstić information content (AvgIpc) is 2.68. The number of carbonyl (C=O) groups excluding carboxylic acids is 2. The summed E-state index contributed by atoms with van der Waals surface area (Å²) in [7, 11) is 0. The molecule has 27 heavy (non-hydrogen) atoms. The van der Waals surface area contributed by atoms with Crippen LogP contribution in [-0.2, 0) is 9.53 Å². The van der Waals surface area contributed by atoms with Crippen molar-refractivity contribution in [1.29, 1.82) is 0 Å². The molecule has 7 nitrogen and oxygen atoms in total. The van der Waals surface area contributed by atoms with Crippen LogP contribution in [0.4, 0.5) is 5.69 Å². The van der Waals surface area contributed by atoms with Gasteiger partial charge >= 0.3 is 0 Å². The molecule has 2 aliphatic rings. The van der Waals surface area contributed by atoms with Crippen molar-refractivity contribution in [2.75, 3.05) is 24.6 Å². The molecule has 0 unspecified atom stereocenters. The van der Waals surface area contributed by atoms with Gasteiger partial charge in [-0.1, -0.05) is 18.2 Å². The Hall–Kier alpha value is -2.80. The molecular formula is C20H22N4O3. The number of likely N-dealkylation sites (tertiary alicyclic amines) is 1. The molecule has 4 rings (SSSR count). The SMILES string of the molecule is Cc1ncncc1C(=O)N1CC[C@H]2N(c3ccccc3)C(=O)CO[C@]2(C)C1. The average molecular weight is 366 g/mol. The topological polar surface area (TPSA) is 75.6 Å². The van der Waals surface area contributed by atoms with Gasteiger partial charge in [0.2, 0.25) is 0 Å². The van der Waals surface area contributed by atoms with Crippen LogP contribution in [0.25, 0.3) is 0 Å². The summed E-state index contributed by atoms with van der Waals surface area (Å²) in [5.41, 5.74) is 1.41. The number of anilines is 1. The molecule has 0 N–H and O–H groups in total. The predicted octanol–water partition coefficient (Wildman–Crippen LogP) is 1.82. The molecule has 0 bridgehead atoms. The summed E-state index contributed by atoms with van der Waals surface area (Å²) >= 11 is 0. The number of benzene rings is 1. The minimum absolute atomic E-state index is 0.0113. The number of fused-ring (bicyclic) bond motifs is 1. The van der Waals surface area contributed by atoms with Gasteiger partial charge < -0.3 is 14.5 Å². The summed E-state index contributed by atoms with van der Waals surface area (Å²) in [6, 6.07) is 9.54. The van der Waals surface area contributed by atoms with Crippen LogP contribution in [0.3, 0.4) is 0 Å². The van der Waals surface area contributed by atoms with Gasteiger partial charge in [-0.25, -0.2) is 9.97 Å². The number of piperidine rings is 1. The highest BCUT2D eigenvalue weighted by atomic mass is 16.5. The molecule has 0 saturated carbocycles. The van der Waals surface area contributed by atoms with E-state index in [1.54, 1.807) is 18.0 Å². The number of hydrogen-bond donors (Lipinski definition) is 0. The number of rotatable bonds is 2. The number of ether oxygens (including phenoxy) is 1. The highest BCUT2D eigenvalue weighted by molar-refractivity contribution is 5.97. The number of carbonyl (C=O) groups is 2. The van der Waals surface area contributed by atoms with Crippen molar-refractivity contribution in [2.24, 2.45) is 0 Å². The van der Waals surface area contributed by atoms with E-state index in [9.17, 15) is 9.59 Å². The van der Waals surface area contributed by atoms with E-state index in [-0.39, 0.29) is 24.5 Å². The molecule has 2 aliphatic heterocycles. The third kappa shape index (κ3) is 3.08. The summed E-state index contributed by atoms with van der Waals surface area (Å²) < 4.78 is 5.96. The highest BCUT2D eigenvalue weighted by Gasteiger charge is 2.50. The van der Waals surface area contributed by atoms with Crippen LogP contribution in [0, 0.1) is 6.92 Å². The van der Waals surface area contributed by atoms with E-state index in [4.69, 9.17) is 4.74 Å². The van der Waals surface area contributed by atoms with Crippen LogP contribution < -0.4 is 4.90 Å². The Labute approximate surface area is 158 Å². The number of para-hydroxylation sites is 1. The number of nitrogens with zero attached hydrogens (tertiary/aromatic N) is 4. The van der Waals surface area contributed by atoms with E-state index >= 15 is 0 Å². The summed E-state index contributed by atoms with van der Waals surface area (Å²) in [6.45, 7) is 4.76. The van der Waals surface area contributed by atoms with Gasteiger partial charge in [-0.15, -0.1) is 0 Å². The van der Waals surface area contributed by atoms with E-state index in [2.05, 4.69) is 9.97 Å². The second-order valence-corrected chi connectivity index (χ2v) is 7.25. The maximum atomic E-state index is 13.0. The molecule has 2 saturated heterocycles. The van der Waals surface area contributed by atoms with E-state index < -0.39 is 5.60 Å². The lowest BCUT2D eigenvalue weighted by molar-refractivity contribution is -0.149. The third-order valence-electron chi connectivity index (χ3n) is 5.45. The number of aromatic nitrogens is 2. The Bertz CT molecular complexity index is 873. The normalized spacial score (nSPS) is 25.3. The zero-order valence-electron chi connectivity index (χ0n) is 15.5. The highest BCUT2D eigenvalue weighted by Crippen LogP contribution is 2.36. The fourth-order valence-electron chi connectivity index (χ4n) is 4.02. The molecule has 3 heterocycles. The van der Waals surface area contributed by atoms with Crippen LogP contribution in [-0.4, -0.2) is 58.0 Å². The first kappa shape index (κ1) is 17.6. The Balaban J connectivity index is 1.60. The van der Waals surface area contributed by atoms with Crippen molar-refractivity contribution >= 4 is 17.5 Å². The van der Waals surface area contributed by atoms with E-state index in [0.717, 1.165) is 5.69 Å². The van der Waals surface area contributed by atoms with Crippen molar-refractivity contribution in [2.45, 2.75) is 31.9 Å². The van der Waals surface area contributed by atoms with E-state index in [0.29, 0.717) is 30.8 Å². The first-order chi connectivity index (χ1) is 13.0.